The smallest absolute Gasteiger partial charge is 0.338 e. The molecule has 0 amide bonds. The number of aryl methyl sites for hydroxylation is 1. The maximum absolute atomic E-state index is 13.5. The summed E-state index contributed by atoms with van der Waals surface area (Å²) in [7, 11) is 3.95. The molecule has 3 aromatic rings. The van der Waals surface area contributed by atoms with Gasteiger partial charge in [-0.05, 0) is 62.3 Å². The van der Waals surface area contributed by atoms with Crippen molar-refractivity contribution in [3.05, 3.63) is 107 Å². The van der Waals surface area contributed by atoms with Crippen molar-refractivity contribution in [3.63, 3.8) is 0 Å². The number of hydrogen-bond donors (Lipinski definition) is 1. The van der Waals surface area contributed by atoms with Crippen LogP contribution in [0.3, 0.4) is 0 Å². The van der Waals surface area contributed by atoms with Crippen LogP contribution in [0, 0.1) is 11.3 Å². The highest BCUT2D eigenvalue weighted by molar-refractivity contribution is 6.02. The highest BCUT2D eigenvalue weighted by atomic mass is 16.5. The number of rotatable bonds is 12. The summed E-state index contributed by atoms with van der Waals surface area (Å²) in [6, 6.07) is 22.2. The summed E-state index contributed by atoms with van der Waals surface area (Å²) in [5, 5.41) is 12.5. The molecule has 196 valence electrons. The fourth-order valence-corrected chi connectivity index (χ4v) is 4.05. The van der Waals surface area contributed by atoms with Crippen LogP contribution < -0.4 is 5.32 Å². The lowest BCUT2D eigenvalue weighted by atomic mass is 9.95. The number of esters is 1. The van der Waals surface area contributed by atoms with E-state index < -0.39 is 12.0 Å². The molecule has 38 heavy (non-hydrogen) atoms. The van der Waals surface area contributed by atoms with Crippen molar-refractivity contribution >= 4 is 11.8 Å². The average molecular weight is 513 g/mol. The zero-order valence-corrected chi connectivity index (χ0v) is 21.7. The molecular formula is C30H32N4O4. The van der Waals surface area contributed by atoms with Gasteiger partial charge in [0.2, 0.25) is 0 Å². The van der Waals surface area contributed by atoms with Gasteiger partial charge in [0, 0.05) is 6.54 Å². The molecule has 8 heteroatoms. The third kappa shape index (κ3) is 7.19. The van der Waals surface area contributed by atoms with Gasteiger partial charge in [-0.1, -0.05) is 42.5 Å². The molecule has 0 saturated heterocycles. The van der Waals surface area contributed by atoms with Crippen molar-refractivity contribution in [2.45, 2.75) is 18.9 Å². The van der Waals surface area contributed by atoms with Gasteiger partial charge in [-0.25, -0.2) is 4.79 Å². The topological polar surface area (TPSA) is 100 Å². The first-order chi connectivity index (χ1) is 18.5. The average Bonchev–Trinajstić information content (AvgIpc) is 3.49. The van der Waals surface area contributed by atoms with Gasteiger partial charge >= 0.3 is 5.97 Å². The van der Waals surface area contributed by atoms with E-state index in [-0.39, 0.29) is 13.2 Å². The highest BCUT2D eigenvalue weighted by Gasteiger charge is 2.33. The van der Waals surface area contributed by atoms with Crippen molar-refractivity contribution in [1.82, 2.24) is 10.2 Å². The van der Waals surface area contributed by atoms with E-state index in [1.165, 1.54) is 5.56 Å². The van der Waals surface area contributed by atoms with Crippen LogP contribution in [0.1, 0.15) is 34.9 Å². The lowest BCUT2D eigenvalue weighted by Gasteiger charge is -2.27. The van der Waals surface area contributed by atoms with E-state index in [4.69, 9.17) is 18.9 Å². The Bertz CT molecular complexity index is 1290. The monoisotopic (exact) mass is 512 g/mol. The normalized spacial score (nSPS) is 15.1. The van der Waals surface area contributed by atoms with E-state index in [2.05, 4.69) is 23.5 Å². The van der Waals surface area contributed by atoms with E-state index in [1.54, 1.807) is 30.5 Å². The summed E-state index contributed by atoms with van der Waals surface area (Å²) >= 11 is 0. The third-order valence-corrected chi connectivity index (χ3v) is 6.07. The van der Waals surface area contributed by atoms with Crippen molar-refractivity contribution < 1.29 is 18.7 Å². The molecule has 2 heterocycles. The number of hydrogen-bond acceptors (Lipinski definition) is 8. The lowest BCUT2D eigenvalue weighted by Crippen LogP contribution is -2.36. The molecule has 1 N–H and O–H groups in total. The fraction of sp³-hybridized carbons (Fsp3) is 0.300. The Balaban J connectivity index is 1.60. The third-order valence-electron chi connectivity index (χ3n) is 6.07. The minimum absolute atomic E-state index is 0.175. The second-order valence-electron chi connectivity index (χ2n) is 9.19. The van der Waals surface area contributed by atoms with Crippen LogP contribution in [0.25, 0.3) is 0 Å². The second kappa shape index (κ2) is 13.4. The number of amidine groups is 1. The molecule has 0 bridgehead atoms. The van der Waals surface area contributed by atoms with Crippen LogP contribution in [0.2, 0.25) is 0 Å². The summed E-state index contributed by atoms with van der Waals surface area (Å²) in [4.78, 5) is 20.4. The number of furan rings is 1. The van der Waals surface area contributed by atoms with Gasteiger partial charge in [-0.3, -0.25) is 4.99 Å². The fourth-order valence-electron chi connectivity index (χ4n) is 4.05. The van der Waals surface area contributed by atoms with E-state index in [0.29, 0.717) is 41.5 Å². The number of likely N-dealkylation sites (N-methyl/N-ethyl adjacent to an activating group) is 1. The van der Waals surface area contributed by atoms with Crippen LogP contribution in [0.4, 0.5) is 0 Å². The standard InChI is InChI=1S/C30H32N4O4/c1-34(2)16-19-36-21-25-27(30(35)38-18-6-10-22-8-4-3-5-9-22)28(24-14-12-23(20-31)13-15-24)33-29(32-25)26-11-7-17-37-26/h3-5,7-9,11-15,17,28H,6,10,16,18-19,21H2,1-2H3,(H,32,33). The number of carbonyl (C=O) groups excluding carboxylic acids is 1. The molecule has 0 fully saturated rings. The van der Waals surface area contributed by atoms with Crippen LogP contribution >= 0.6 is 0 Å². The number of carbonyl (C=O) groups is 1. The Morgan fingerprint density at radius 3 is 2.55 bits per heavy atom. The zero-order valence-electron chi connectivity index (χ0n) is 21.7. The first-order valence-corrected chi connectivity index (χ1v) is 12.6. The predicted octanol–water partition coefficient (Wildman–Crippen LogP) is 4.25. The summed E-state index contributed by atoms with van der Waals surface area (Å²) in [5.41, 5.74) is 3.44. The van der Waals surface area contributed by atoms with Crippen LogP contribution in [0.5, 0.6) is 0 Å². The van der Waals surface area contributed by atoms with E-state index in [9.17, 15) is 10.1 Å². The van der Waals surface area contributed by atoms with Gasteiger partial charge in [0.15, 0.2) is 11.6 Å². The van der Waals surface area contributed by atoms with Gasteiger partial charge in [0.05, 0.1) is 49.0 Å². The molecule has 1 atom stereocenters. The van der Waals surface area contributed by atoms with Gasteiger partial charge in [-0.2, -0.15) is 5.26 Å². The predicted molar refractivity (Wildman–Crippen MR) is 144 cm³/mol. The maximum Gasteiger partial charge on any atom is 0.338 e. The maximum atomic E-state index is 13.5. The molecule has 1 unspecified atom stereocenters. The van der Waals surface area contributed by atoms with E-state index in [1.807, 2.05) is 49.3 Å². The van der Waals surface area contributed by atoms with Gasteiger partial charge in [-0.15, -0.1) is 0 Å². The molecule has 0 aliphatic carbocycles. The summed E-state index contributed by atoms with van der Waals surface area (Å²) in [6.07, 6.45) is 3.09. The first kappa shape index (κ1) is 26.9. The Kier molecular flexibility index (Phi) is 9.46. The Hall–Kier alpha value is -4.19. The molecule has 8 nitrogen and oxygen atoms in total. The number of benzene rings is 2. The largest absolute Gasteiger partial charge is 0.462 e. The molecule has 0 spiro atoms. The Labute approximate surface area is 223 Å². The van der Waals surface area contributed by atoms with E-state index >= 15 is 0 Å². The molecule has 1 aliphatic heterocycles. The number of aliphatic imine (C=N–C) groups is 1. The van der Waals surface area contributed by atoms with Gasteiger partial charge < -0.3 is 24.1 Å². The van der Waals surface area contributed by atoms with Crippen LogP contribution in [0.15, 0.2) is 93.7 Å². The second-order valence-corrected chi connectivity index (χ2v) is 9.19. The molecule has 0 saturated carbocycles. The lowest BCUT2D eigenvalue weighted by molar-refractivity contribution is -0.139. The minimum atomic E-state index is -0.654. The summed E-state index contributed by atoms with van der Waals surface area (Å²) in [6.45, 7) is 1.69. The zero-order chi connectivity index (χ0) is 26.7. The van der Waals surface area contributed by atoms with E-state index in [0.717, 1.165) is 18.5 Å². The van der Waals surface area contributed by atoms with Crippen LogP contribution in [-0.2, 0) is 20.7 Å². The molecule has 1 aliphatic rings. The van der Waals surface area contributed by atoms with Crippen LogP contribution in [-0.4, -0.2) is 57.2 Å². The number of nitriles is 1. The molecule has 2 aromatic carbocycles. The number of nitrogens with one attached hydrogen (secondary N) is 1. The minimum Gasteiger partial charge on any atom is -0.462 e. The quantitative estimate of drug-likeness (QED) is 0.286. The first-order valence-electron chi connectivity index (χ1n) is 12.6. The van der Waals surface area contributed by atoms with Crippen molar-refractivity contribution in [2.75, 3.05) is 40.5 Å². The summed E-state index contributed by atoms with van der Waals surface area (Å²) < 4.78 is 17.3. The van der Waals surface area contributed by atoms with Crippen molar-refractivity contribution in [3.8, 4) is 6.07 Å². The summed E-state index contributed by atoms with van der Waals surface area (Å²) in [5.74, 6) is 0.592. The van der Waals surface area contributed by atoms with Crippen molar-refractivity contribution in [2.24, 2.45) is 4.99 Å². The highest BCUT2D eigenvalue weighted by Crippen LogP contribution is 2.33. The molecule has 0 radical (unpaired) electrons. The molecule has 4 rings (SSSR count). The van der Waals surface area contributed by atoms with Gasteiger partial charge in [0.25, 0.3) is 0 Å². The number of ether oxygens (including phenoxy) is 2. The van der Waals surface area contributed by atoms with Gasteiger partial charge in [0.1, 0.15) is 6.04 Å². The molecular weight excluding hydrogens is 480 g/mol. The Morgan fingerprint density at radius 1 is 1.08 bits per heavy atom. The molecule has 1 aromatic heterocycles. The SMILES string of the molecule is CN(C)CCOCC1=C(C(=O)OCCCc2ccccc2)C(c2ccc(C#N)cc2)N=C(c2ccco2)N1. The van der Waals surface area contributed by atoms with Crippen molar-refractivity contribution in [1.29, 1.82) is 5.26 Å². The number of nitrogens with zero attached hydrogens (tertiary/aromatic N) is 3. The Morgan fingerprint density at radius 2 is 1.87 bits per heavy atom.